The summed E-state index contributed by atoms with van der Waals surface area (Å²) in [6.45, 7) is 1.99. The van der Waals surface area contributed by atoms with Crippen molar-refractivity contribution in [1.82, 2.24) is 19.2 Å². The van der Waals surface area contributed by atoms with Crippen LogP contribution in [0.1, 0.15) is 16.2 Å². The molecule has 0 aliphatic rings. The highest BCUT2D eigenvalue weighted by atomic mass is 32.1. The molecule has 6 rings (SSSR count). The second kappa shape index (κ2) is 7.72. The molecule has 3 aromatic carbocycles. The van der Waals surface area contributed by atoms with Crippen molar-refractivity contribution in [1.29, 1.82) is 0 Å². The molecule has 3 aromatic heterocycles. The van der Waals surface area contributed by atoms with Crippen LogP contribution >= 0.6 is 11.3 Å². The molecule has 7 heteroatoms. The van der Waals surface area contributed by atoms with Crippen LogP contribution < -0.4 is 5.32 Å². The number of nitrogens with one attached hydrogen (secondary N) is 1. The van der Waals surface area contributed by atoms with Gasteiger partial charge in [0, 0.05) is 5.69 Å². The number of benzene rings is 3. The van der Waals surface area contributed by atoms with Crippen LogP contribution in [-0.2, 0) is 0 Å². The highest BCUT2D eigenvalue weighted by molar-refractivity contribution is 7.23. The molecule has 33 heavy (non-hydrogen) atoms. The summed E-state index contributed by atoms with van der Waals surface area (Å²) in [4.78, 5) is 19.0. The lowest BCUT2D eigenvalue weighted by Gasteiger charge is -2.06. The molecule has 6 nitrogen and oxygen atoms in total. The first-order chi connectivity index (χ1) is 16.2. The van der Waals surface area contributed by atoms with Gasteiger partial charge in [0.2, 0.25) is 0 Å². The van der Waals surface area contributed by atoms with Crippen LogP contribution in [0.3, 0.4) is 0 Å². The Morgan fingerprint density at radius 1 is 0.909 bits per heavy atom. The van der Waals surface area contributed by atoms with E-state index in [0.29, 0.717) is 5.69 Å². The van der Waals surface area contributed by atoms with Crippen LogP contribution in [0, 0.1) is 6.92 Å². The summed E-state index contributed by atoms with van der Waals surface area (Å²) >= 11 is 1.63. The maximum Gasteiger partial charge on any atom is 0.276 e. The van der Waals surface area contributed by atoms with Gasteiger partial charge >= 0.3 is 0 Å². The van der Waals surface area contributed by atoms with E-state index in [0.717, 1.165) is 43.5 Å². The summed E-state index contributed by atoms with van der Waals surface area (Å²) in [7, 11) is 0. The quantitative estimate of drug-likeness (QED) is 0.361. The third kappa shape index (κ3) is 3.21. The normalized spacial score (nSPS) is 11.3. The predicted octanol–water partition coefficient (Wildman–Crippen LogP) is 5.96. The number of anilines is 1. The minimum Gasteiger partial charge on any atom is -0.321 e. The van der Waals surface area contributed by atoms with Crippen molar-refractivity contribution in [2.75, 3.05) is 5.32 Å². The highest BCUT2D eigenvalue weighted by Crippen LogP contribution is 2.35. The summed E-state index contributed by atoms with van der Waals surface area (Å²) in [5, 5.41) is 7.76. The van der Waals surface area contributed by atoms with Crippen molar-refractivity contribution in [3.05, 3.63) is 103 Å². The van der Waals surface area contributed by atoms with E-state index >= 15 is 0 Å². The molecular formula is C26H19N5OS. The molecule has 0 aliphatic carbocycles. The third-order valence-corrected chi connectivity index (χ3v) is 6.69. The van der Waals surface area contributed by atoms with Gasteiger partial charge in [-0.05, 0) is 43.3 Å². The molecular weight excluding hydrogens is 430 g/mol. The average Bonchev–Trinajstić information content (AvgIpc) is 3.52. The van der Waals surface area contributed by atoms with Crippen LogP contribution in [0.2, 0.25) is 0 Å². The van der Waals surface area contributed by atoms with Gasteiger partial charge in [-0.1, -0.05) is 59.9 Å². The Morgan fingerprint density at radius 2 is 1.61 bits per heavy atom. The SMILES string of the molecule is Cc1c(-c2cnc3sc4ccccc4n23)c(C(=O)Nc2ccccc2)nn1-c1ccccc1. The molecule has 0 fully saturated rings. The van der Waals surface area contributed by atoms with E-state index in [1.807, 2.05) is 90.6 Å². The number of carbonyl (C=O) groups is 1. The molecule has 160 valence electrons. The Bertz CT molecular complexity index is 1610. The van der Waals surface area contributed by atoms with Crippen LogP contribution in [-0.4, -0.2) is 25.1 Å². The molecule has 0 unspecified atom stereocenters. The Balaban J connectivity index is 1.58. The number of hydrogen-bond donors (Lipinski definition) is 1. The fourth-order valence-electron chi connectivity index (χ4n) is 4.14. The lowest BCUT2D eigenvalue weighted by Crippen LogP contribution is -2.14. The van der Waals surface area contributed by atoms with Gasteiger partial charge in [0.05, 0.1) is 39.1 Å². The number of imidazole rings is 1. The van der Waals surface area contributed by atoms with Gasteiger partial charge in [0.25, 0.3) is 5.91 Å². The fraction of sp³-hybridized carbons (Fsp3) is 0.0385. The van der Waals surface area contributed by atoms with E-state index in [4.69, 9.17) is 5.10 Å². The fourth-order valence-corrected chi connectivity index (χ4v) is 5.14. The molecule has 0 bridgehead atoms. The number of nitrogens with zero attached hydrogens (tertiary/aromatic N) is 4. The Kier molecular flexibility index (Phi) is 4.55. The van der Waals surface area contributed by atoms with Crippen LogP contribution in [0.4, 0.5) is 5.69 Å². The molecule has 6 aromatic rings. The first kappa shape index (κ1) is 19.5. The standard InChI is InChI=1S/C26H19N5OS/c1-17-23(21-16-27-26-30(21)20-14-8-9-15-22(20)33-26)24(25(32)28-18-10-4-2-5-11-18)29-31(17)19-12-6-3-7-13-19/h2-16H,1H3,(H,28,32). The van der Waals surface area contributed by atoms with Crippen molar-refractivity contribution in [2.24, 2.45) is 0 Å². The molecule has 0 spiro atoms. The third-order valence-electron chi connectivity index (χ3n) is 5.66. The van der Waals surface area contributed by atoms with Gasteiger partial charge in [-0.15, -0.1) is 0 Å². The topological polar surface area (TPSA) is 64.2 Å². The van der Waals surface area contributed by atoms with E-state index in [1.165, 1.54) is 0 Å². The van der Waals surface area contributed by atoms with Gasteiger partial charge in [0.1, 0.15) is 0 Å². The maximum absolute atomic E-state index is 13.5. The molecule has 0 radical (unpaired) electrons. The minimum absolute atomic E-state index is 0.261. The average molecular weight is 450 g/mol. The zero-order chi connectivity index (χ0) is 22.4. The van der Waals surface area contributed by atoms with Crippen molar-refractivity contribution < 1.29 is 4.79 Å². The van der Waals surface area contributed by atoms with Crippen LogP contribution in [0.25, 0.3) is 32.1 Å². The molecule has 1 amide bonds. The number of fused-ring (bicyclic) bond motifs is 3. The van der Waals surface area contributed by atoms with Gasteiger partial charge in [-0.25, -0.2) is 9.67 Å². The van der Waals surface area contributed by atoms with Gasteiger partial charge in [0.15, 0.2) is 10.7 Å². The lowest BCUT2D eigenvalue weighted by molar-refractivity contribution is 0.102. The van der Waals surface area contributed by atoms with E-state index < -0.39 is 0 Å². The number of hydrogen-bond acceptors (Lipinski definition) is 4. The Labute approximate surface area is 193 Å². The minimum atomic E-state index is -0.261. The number of para-hydroxylation sites is 3. The van der Waals surface area contributed by atoms with E-state index in [-0.39, 0.29) is 5.91 Å². The first-order valence-corrected chi connectivity index (χ1v) is 11.4. The summed E-state index contributed by atoms with van der Waals surface area (Å²) in [6.07, 6.45) is 1.83. The Hall–Kier alpha value is -4.23. The second-order valence-electron chi connectivity index (χ2n) is 7.71. The van der Waals surface area contributed by atoms with Gasteiger partial charge in [-0.3, -0.25) is 9.20 Å². The number of amides is 1. The van der Waals surface area contributed by atoms with Crippen LogP contribution in [0.5, 0.6) is 0 Å². The van der Waals surface area contributed by atoms with Gasteiger partial charge < -0.3 is 5.32 Å². The maximum atomic E-state index is 13.5. The summed E-state index contributed by atoms with van der Waals surface area (Å²) in [6, 6.07) is 27.5. The molecule has 3 heterocycles. The summed E-state index contributed by atoms with van der Waals surface area (Å²) < 4.78 is 5.08. The molecule has 0 atom stereocenters. The number of aromatic nitrogens is 4. The van der Waals surface area contributed by atoms with Crippen LogP contribution in [0.15, 0.2) is 91.1 Å². The molecule has 0 saturated heterocycles. The molecule has 1 N–H and O–H groups in total. The highest BCUT2D eigenvalue weighted by Gasteiger charge is 2.26. The van der Waals surface area contributed by atoms with Crippen molar-refractivity contribution in [2.45, 2.75) is 6.92 Å². The molecule has 0 aliphatic heterocycles. The largest absolute Gasteiger partial charge is 0.321 e. The smallest absolute Gasteiger partial charge is 0.276 e. The van der Waals surface area contributed by atoms with Crippen molar-refractivity contribution >= 4 is 38.1 Å². The summed E-state index contributed by atoms with van der Waals surface area (Å²) in [5.41, 5.74) is 5.52. The van der Waals surface area contributed by atoms with Crippen molar-refractivity contribution in [3.8, 4) is 16.9 Å². The number of carbonyl (C=O) groups excluding carboxylic acids is 1. The zero-order valence-corrected chi connectivity index (χ0v) is 18.6. The lowest BCUT2D eigenvalue weighted by atomic mass is 10.1. The monoisotopic (exact) mass is 449 g/mol. The number of rotatable bonds is 4. The Morgan fingerprint density at radius 3 is 2.39 bits per heavy atom. The number of thiazole rings is 1. The molecule has 0 saturated carbocycles. The van der Waals surface area contributed by atoms with E-state index in [2.05, 4.69) is 26.8 Å². The summed E-state index contributed by atoms with van der Waals surface area (Å²) in [5.74, 6) is -0.261. The van der Waals surface area contributed by atoms with E-state index in [9.17, 15) is 4.79 Å². The van der Waals surface area contributed by atoms with Gasteiger partial charge in [-0.2, -0.15) is 5.10 Å². The zero-order valence-electron chi connectivity index (χ0n) is 17.8. The predicted molar refractivity (Wildman–Crippen MR) is 132 cm³/mol. The van der Waals surface area contributed by atoms with E-state index in [1.54, 1.807) is 11.3 Å². The first-order valence-electron chi connectivity index (χ1n) is 10.6. The van der Waals surface area contributed by atoms with Crippen molar-refractivity contribution in [3.63, 3.8) is 0 Å². The second-order valence-corrected chi connectivity index (χ2v) is 8.72.